The fraction of sp³-hybridized carbons (Fsp3) is 0.481. The van der Waals surface area contributed by atoms with Gasteiger partial charge in [0.15, 0.2) is 0 Å². The van der Waals surface area contributed by atoms with E-state index >= 15 is 0 Å². The number of nitriles is 1. The molecule has 2 aromatic rings. The first-order valence-corrected chi connectivity index (χ1v) is 12.3. The number of carbonyl (C=O) groups excluding carboxylic acids is 1. The lowest BCUT2D eigenvalue weighted by Gasteiger charge is -2.23. The number of hydrogen-bond donors (Lipinski definition) is 0. The van der Waals surface area contributed by atoms with E-state index in [2.05, 4.69) is 0 Å². The molecule has 2 aliphatic rings. The van der Waals surface area contributed by atoms with Crippen LogP contribution in [0.25, 0.3) is 0 Å². The molecule has 0 N–H and O–H groups in total. The first-order chi connectivity index (χ1) is 16.9. The van der Waals surface area contributed by atoms with Crippen LogP contribution in [0, 0.1) is 34.4 Å². The highest BCUT2D eigenvalue weighted by molar-refractivity contribution is 6.31. The molecule has 2 aromatic carbocycles. The van der Waals surface area contributed by atoms with E-state index in [9.17, 15) is 22.4 Å². The van der Waals surface area contributed by atoms with E-state index in [1.165, 1.54) is 6.07 Å². The van der Waals surface area contributed by atoms with Gasteiger partial charge in [-0.25, -0.2) is 9.18 Å². The third kappa shape index (κ3) is 5.62. The van der Waals surface area contributed by atoms with Crippen molar-refractivity contribution in [1.82, 2.24) is 4.90 Å². The second-order valence-corrected chi connectivity index (χ2v) is 10.6. The van der Waals surface area contributed by atoms with Crippen molar-refractivity contribution in [1.29, 1.82) is 5.26 Å². The maximum absolute atomic E-state index is 13.7. The molecule has 1 aliphatic carbocycles. The molecular formula is C27H27ClF4N2O2. The maximum Gasteiger partial charge on any atom is 0.416 e. The average Bonchev–Trinajstić information content (AvgIpc) is 3.31. The lowest BCUT2D eigenvalue weighted by molar-refractivity contribution is -0.138. The Labute approximate surface area is 212 Å². The monoisotopic (exact) mass is 522 g/mol. The number of hydrogen-bond acceptors (Lipinski definition) is 3. The number of halogens is 5. The lowest BCUT2D eigenvalue weighted by Crippen LogP contribution is -2.32. The second-order valence-electron chi connectivity index (χ2n) is 10.2. The predicted octanol–water partition coefficient (Wildman–Crippen LogP) is 7.03. The third-order valence-corrected chi connectivity index (χ3v) is 7.63. The molecule has 1 amide bonds. The van der Waals surface area contributed by atoms with Crippen LogP contribution in [0.1, 0.15) is 48.9 Å². The molecule has 1 saturated carbocycles. The van der Waals surface area contributed by atoms with Gasteiger partial charge in [-0.3, -0.25) is 0 Å². The molecule has 1 unspecified atom stereocenters. The SMILES string of the molecule is CC(C)OC(=O)N1CC[C@]2(C[C@H]2C(Cc2ccc(C#N)c(Cl)c2)Cc2ccc(F)cc2C(F)(F)F)C1. The largest absolute Gasteiger partial charge is 0.447 e. The zero-order valence-electron chi connectivity index (χ0n) is 20.0. The first-order valence-electron chi connectivity index (χ1n) is 11.9. The average molecular weight is 523 g/mol. The van der Waals surface area contributed by atoms with Crippen LogP contribution in [0.5, 0.6) is 0 Å². The molecule has 0 bridgehead atoms. The number of carbonyl (C=O) groups is 1. The zero-order valence-corrected chi connectivity index (χ0v) is 20.8. The Hall–Kier alpha value is -2.79. The summed E-state index contributed by atoms with van der Waals surface area (Å²) in [5, 5.41) is 9.46. The molecule has 3 atom stereocenters. The minimum atomic E-state index is -4.67. The van der Waals surface area contributed by atoms with Crippen molar-refractivity contribution < 1.29 is 27.1 Å². The molecule has 192 valence electrons. The topological polar surface area (TPSA) is 53.3 Å². The van der Waals surface area contributed by atoms with Crippen molar-refractivity contribution >= 4 is 17.7 Å². The highest BCUT2D eigenvalue weighted by Gasteiger charge is 2.60. The van der Waals surface area contributed by atoms with E-state index in [1.54, 1.807) is 36.9 Å². The Morgan fingerprint density at radius 1 is 1.25 bits per heavy atom. The number of benzene rings is 2. The molecular weight excluding hydrogens is 496 g/mol. The van der Waals surface area contributed by atoms with Crippen molar-refractivity contribution in [3.05, 3.63) is 69.5 Å². The molecule has 4 nitrogen and oxygen atoms in total. The van der Waals surface area contributed by atoms with Gasteiger partial charge in [0.2, 0.25) is 0 Å². The summed E-state index contributed by atoms with van der Waals surface area (Å²) in [7, 11) is 0. The molecule has 4 rings (SSSR count). The van der Waals surface area contributed by atoms with Crippen LogP contribution in [0.15, 0.2) is 36.4 Å². The van der Waals surface area contributed by atoms with Gasteiger partial charge in [-0.2, -0.15) is 18.4 Å². The Morgan fingerprint density at radius 2 is 2.00 bits per heavy atom. The van der Waals surface area contributed by atoms with Crippen molar-refractivity contribution in [2.75, 3.05) is 13.1 Å². The Kier molecular flexibility index (Phi) is 7.25. The van der Waals surface area contributed by atoms with Gasteiger partial charge in [-0.15, -0.1) is 0 Å². The van der Waals surface area contributed by atoms with Crippen molar-refractivity contribution in [2.45, 2.75) is 51.8 Å². The molecule has 9 heteroatoms. The van der Waals surface area contributed by atoms with Crippen LogP contribution in [0.4, 0.5) is 22.4 Å². The van der Waals surface area contributed by atoms with Gasteiger partial charge in [-0.05, 0) is 92.2 Å². The fourth-order valence-corrected chi connectivity index (χ4v) is 5.80. The van der Waals surface area contributed by atoms with Gasteiger partial charge in [0, 0.05) is 13.1 Å². The number of likely N-dealkylation sites (tertiary alicyclic amines) is 1. The van der Waals surface area contributed by atoms with Gasteiger partial charge in [0.25, 0.3) is 0 Å². The summed E-state index contributed by atoms with van der Waals surface area (Å²) in [6, 6.07) is 9.88. The standard InChI is InChI=1S/C27H27ClF4N2O2/c1-16(2)36-25(35)34-8-7-26(15-34)13-23(26)20(9-17-3-4-19(14-33)24(28)10-17)11-18-5-6-21(29)12-22(18)27(30,31)32/h3-6,10,12,16,20,23H,7-9,11,13,15H2,1-2H3/t20?,23-,26-/m0/s1. The van der Waals surface area contributed by atoms with Crippen LogP contribution in [-0.4, -0.2) is 30.2 Å². The minimum Gasteiger partial charge on any atom is -0.447 e. The van der Waals surface area contributed by atoms with Crippen LogP contribution in [0.3, 0.4) is 0 Å². The van der Waals surface area contributed by atoms with Gasteiger partial charge >= 0.3 is 12.3 Å². The van der Waals surface area contributed by atoms with Crippen molar-refractivity contribution in [3.8, 4) is 6.07 Å². The number of rotatable bonds is 6. The summed E-state index contributed by atoms with van der Waals surface area (Å²) in [4.78, 5) is 14.1. The molecule has 36 heavy (non-hydrogen) atoms. The van der Waals surface area contributed by atoms with Crippen LogP contribution in [-0.2, 0) is 23.8 Å². The lowest BCUT2D eigenvalue weighted by atomic mass is 9.83. The predicted molar refractivity (Wildman–Crippen MR) is 127 cm³/mol. The van der Waals surface area contributed by atoms with E-state index in [0.717, 1.165) is 24.5 Å². The van der Waals surface area contributed by atoms with Crippen LogP contribution in [0.2, 0.25) is 5.02 Å². The summed E-state index contributed by atoms with van der Waals surface area (Å²) < 4.78 is 60.2. The Bertz CT molecular complexity index is 1190. The smallest absolute Gasteiger partial charge is 0.416 e. The minimum absolute atomic E-state index is 0.0461. The third-order valence-electron chi connectivity index (χ3n) is 7.31. The van der Waals surface area contributed by atoms with Gasteiger partial charge in [0.1, 0.15) is 11.9 Å². The van der Waals surface area contributed by atoms with Gasteiger partial charge < -0.3 is 9.64 Å². The molecule has 0 radical (unpaired) electrons. The van der Waals surface area contributed by atoms with E-state index in [0.29, 0.717) is 36.2 Å². The zero-order chi connectivity index (χ0) is 26.3. The van der Waals surface area contributed by atoms with Crippen molar-refractivity contribution in [3.63, 3.8) is 0 Å². The summed E-state index contributed by atoms with van der Waals surface area (Å²) in [6.07, 6.45) is -3.19. The molecule has 1 aliphatic heterocycles. The number of nitrogens with zero attached hydrogens (tertiary/aromatic N) is 2. The van der Waals surface area contributed by atoms with Crippen LogP contribution < -0.4 is 0 Å². The van der Waals surface area contributed by atoms with E-state index in [1.807, 2.05) is 6.07 Å². The first kappa shape index (κ1) is 26.3. The summed E-state index contributed by atoms with van der Waals surface area (Å²) in [6.45, 7) is 4.61. The van der Waals surface area contributed by atoms with E-state index < -0.39 is 17.6 Å². The molecule has 1 heterocycles. The number of alkyl halides is 3. The summed E-state index contributed by atoms with van der Waals surface area (Å²) in [5.41, 5.74) is 0.0529. The Morgan fingerprint density at radius 3 is 2.64 bits per heavy atom. The molecule has 1 spiro atoms. The van der Waals surface area contributed by atoms with Crippen molar-refractivity contribution in [2.24, 2.45) is 17.3 Å². The number of ether oxygens (including phenoxy) is 1. The summed E-state index contributed by atoms with van der Waals surface area (Å²) in [5.74, 6) is -1.05. The fourth-order valence-electron chi connectivity index (χ4n) is 5.55. The molecule has 1 saturated heterocycles. The van der Waals surface area contributed by atoms with Gasteiger partial charge in [0.05, 0.1) is 22.3 Å². The molecule has 2 fully saturated rings. The van der Waals surface area contributed by atoms with Crippen LogP contribution >= 0.6 is 11.6 Å². The number of amides is 1. The highest BCUT2D eigenvalue weighted by atomic mass is 35.5. The highest BCUT2D eigenvalue weighted by Crippen LogP contribution is 2.63. The van der Waals surface area contributed by atoms with Gasteiger partial charge in [-0.1, -0.05) is 23.7 Å². The quantitative estimate of drug-likeness (QED) is 0.383. The Balaban J connectivity index is 1.61. The molecule has 0 aromatic heterocycles. The second kappa shape index (κ2) is 9.93. The normalized spacial score (nSPS) is 22.1. The van der Waals surface area contributed by atoms with E-state index in [4.69, 9.17) is 21.6 Å². The van der Waals surface area contributed by atoms with E-state index in [-0.39, 0.29) is 41.4 Å². The maximum atomic E-state index is 13.7. The summed E-state index contributed by atoms with van der Waals surface area (Å²) >= 11 is 6.22.